The second kappa shape index (κ2) is 8.42. The Hall–Kier alpha value is -1.89. The fraction of sp³-hybridized carbons (Fsp3) is 0.429. The molecule has 0 unspecified atom stereocenters. The van der Waals surface area contributed by atoms with Crippen LogP contribution in [0.4, 0.5) is 5.69 Å². The molecule has 0 saturated carbocycles. The summed E-state index contributed by atoms with van der Waals surface area (Å²) in [5, 5.41) is 0. The molecule has 0 atom stereocenters. The van der Waals surface area contributed by atoms with Crippen molar-refractivity contribution in [1.82, 2.24) is 4.72 Å². The zero-order valence-corrected chi connectivity index (χ0v) is 17.1. The van der Waals surface area contributed by atoms with Gasteiger partial charge in [0.1, 0.15) is 0 Å². The maximum Gasteiger partial charge on any atom is 0.240 e. The minimum atomic E-state index is -3.50. The molecule has 1 aliphatic rings. The summed E-state index contributed by atoms with van der Waals surface area (Å²) in [5.74, 6) is 0. The SMILES string of the molecule is Cc1cc(C)c(S(=O)(=O)NCCc2ccc(N3CCOCC3)cc2)cc1C. The van der Waals surface area contributed by atoms with E-state index in [2.05, 4.69) is 33.9 Å². The lowest BCUT2D eigenvalue weighted by Crippen LogP contribution is -2.36. The monoisotopic (exact) mass is 388 g/mol. The number of sulfonamides is 1. The molecular weight excluding hydrogens is 360 g/mol. The van der Waals surface area contributed by atoms with E-state index in [-0.39, 0.29) is 0 Å². The van der Waals surface area contributed by atoms with Gasteiger partial charge >= 0.3 is 0 Å². The molecule has 5 nitrogen and oxygen atoms in total. The number of morpholine rings is 1. The van der Waals surface area contributed by atoms with Gasteiger partial charge in [0.25, 0.3) is 0 Å². The molecule has 0 amide bonds. The Morgan fingerprint density at radius 3 is 2.26 bits per heavy atom. The van der Waals surface area contributed by atoms with Crippen molar-refractivity contribution in [3.63, 3.8) is 0 Å². The van der Waals surface area contributed by atoms with Crippen molar-refractivity contribution in [3.8, 4) is 0 Å². The van der Waals surface area contributed by atoms with Crippen LogP contribution in [-0.2, 0) is 21.2 Å². The molecule has 2 aromatic rings. The third-order valence-electron chi connectivity index (χ3n) is 5.10. The predicted octanol–water partition coefficient (Wildman–Crippen LogP) is 2.97. The number of nitrogens with zero attached hydrogens (tertiary/aromatic N) is 1. The van der Waals surface area contributed by atoms with Crippen LogP contribution in [0.15, 0.2) is 41.3 Å². The van der Waals surface area contributed by atoms with Crippen LogP contribution in [-0.4, -0.2) is 41.3 Å². The van der Waals surface area contributed by atoms with Gasteiger partial charge in [-0.05, 0) is 67.6 Å². The predicted molar refractivity (Wildman–Crippen MR) is 109 cm³/mol. The van der Waals surface area contributed by atoms with Crippen LogP contribution >= 0.6 is 0 Å². The van der Waals surface area contributed by atoms with Gasteiger partial charge in [-0.3, -0.25) is 0 Å². The zero-order valence-electron chi connectivity index (χ0n) is 16.3. The molecule has 1 fully saturated rings. The summed E-state index contributed by atoms with van der Waals surface area (Å²) in [6.07, 6.45) is 0.659. The first kappa shape index (κ1) is 19.9. The summed E-state index contributed by atoms with van der Waals surface area (Å²) in [6.45, 7) is 9.50. The summed E-state index contributed by atoms with van der Waals surface area (Å²) in [7, 11) is -3.50. The van der Waals surface area contributed by atoms with Crippen molar-refractivity contribution in [3.05, 3.63) is 58.7 Å². The summed E-state index contributed by atoms with van der Waals surface area (Å²) < 4.78 is 33.4. The highest BCUT2D eigenvalue weighted by atomic mass is 32.2. The highest BCUT2D eigenvalue weighted by molar-refractivity contribution is 7.89. The van der Waals surface area contributed by atoms with Crippen molar-refractivity contribution in [1.29, 1.82) is 0 Å². The number of rotatable bonds is 6. The first-order chi connectivity index (χ1) is 12.9. The van der Waals surface area contributed by atoms with Crippen LogP contribution < -0.4 is 9.62 Å². The van der Waals surface area contributed by atoms with E-state index in [1.165, 1.54) is 5.69 Å². The van der Waals surface area contributed by atoms with E-state index >= 15 is 0 Å². The largest absolute Gasteiger partial charge is 0.378 e. The quantitative estimate of drug-likeness (QED) is 0.827. The van der Waals surface area contributed by atoms with Gasteiger partial charge in [0.2, 0.25) is 10.0 Å². The molecule has 1 N–H and O–H groups in total. The van der Waals surface area contributed by atoms with Crippen molar-refractivity contribution in [2.75, 3.05) is 37.7 Å². The number of hydrogen-bond acceptors (Lipinski definition) is 4. The average Bonchev–Trinajstić information content (AvgIpc) is 2.66. The van der Waals surface area contributed by atoms with Crippen molar-refractivity contribution < 1.29 is 13.2 Å². The fourth-order valence-electron chi connectivity index (χ4n) is 3.33. The summed E-state index contributed by atoms with van der Waals surface area (Å²) in [5.41, 5.74) is 5.17. The van der Waals surface area contributed by atoms with E-state index in [9.17, 15) is 8.42 Å². The van der Waals surface area contributed by atoms with Crippen LogP contribution in [0.5, 0.6) is 0 Å². The highest BCUT2D eigenvalue weighted by Gasteiger charge is 2.17. The molecule has 2 aromatic carbocycles. The molecule has 1 aliphatic heterocycles. The number of benzene rings is 2. The van der Waals surface area contributed by atoms with Gasteiger partial charge in [-0.2, -0.15) is 0 Å². The normalized spacial score (nSPS) is 15.1. The maximum absolute atomic E-state index is 12.6. The number of anilines is 1. The smallest absolute Gasteiger partial charge is 0.240 e. The fourth-order valence-corrected chi connectivity index (χ4v) is 4.67. The molecule has 0 aliphatic carbocycles. The lowest BCUT2D eigenvalue weighted by atomic mass is 10.1. The van der Waals surface area contributed by atoms with Crippen LogP contribution in [0.25, 0.3) is 0 Å². The van der Waals surface area contributed by atoms with E-state index < -0.39 is 10.0 Å². The average molecular weight is 389 g/mol. The second-order valence-corrected chi connectivity index (χ2v) is 8.85. The Kier molecular flexibility index (Phi) is 6.19. The second-order valence-electron chi connectivity index (χ2n) is 7.12. The third-order valence-corrected chi connectivity index (χ3v) is 6.70. The minimum Gasteiger partial charge on any atom is -0.378 e. The Labute approximate surface area is 162 Å². The molecule has 3 rings (SSSR count). The van der Waals surface area contributed by atoms with Gasteiger partial charge in [0.05, 0.1) is 18.1 Å². The molecular formula is C21H28N2O3S. The summed E-state index contributed by atoms with van der Waals surface area (Å²) in [4.78, 5) is 2.67. The van der Waals surface area contributed by atoms with Gasteiger partial charge in [-0.15, -0.1) is 0 Å². The van der Waals surface area contributed by atoms with E-state index in [4.69, 9.17) is 4.74 Å². The topological polar surface area (TPSA) is 58.6 Å². The lowest BCUT2D eigenvalue weighted by molar-refractivity contribution is 0.122. The Bertz CT molecular complexity index is 886. The Morgan fingerprint density at radius 1 is 0.963 bits per heavy atom. The molecule has 146 valence electrons. The minimum absolute atomic E-state index is 0.369. The maximum atomic E-state index is 12.6. The van der Waals surface area contributed by atoms with Gasteiger partial charge in [0.15, 0.2) is 0 Å². The summed E-state index contributed by atoms with van der Waals surface area (Å²) in [6, 6.07) is 12.0. The van der Waals surface area contributed by atoms with E-state index in [0.717, 1.165) is 48.6 Å². The molecule has 27 heavy (non-hydrogen) atoms. The number of aryl methyl sites for hydroxylation is 3. The first-order valence-corrected chi connectivity index (χ1v) is 10.8. The lowest BCUT2D eigenvalue weighted by Gasteiger charge is -2.28. The molecule has 1 saturated heterocycles. The van der Waals surface area contributed by atoms with Crippen molar-refractivity contribution >= 4 is 15.7 Å². The third kappa shape index (κ3) is 4.89. The van der Waals surface area contributed by atoms with Gasteiger partial charge in [-0.1, -0.05) is 18.2 Å². The molecule has 0 radical (unpaired) electrons. The summed E-state index contributed by atoms with van der Waals surface area (Å²) >= 11 is 0. The zero-order chi connectivity index (χ0) is 19.4. The van der Waals surface area contributed by atoms with Crippen LogP contribution in [0.1, 0.15) is 22.3 Å². The molecule has 0 bridgehead atoms. The van der Waals surface area contributed by atoms with Crippen LogP contribution in [0.3, 0.4) is 0 Å². The van der Waals surface area contributed by atoms with Crippen LogP contribution in [0, 0.1) is 20.8 Å². The van der Waals surface area contributed by atoms with Gasteiger partial charge < -0.3 is 9.64 Å². The molecule has 1 heterocycles. The molecule has 6 heteroatoms. The standard InChI is InChI=1S/C21H28N2O3S/c1-16-14-18(3)21(15-17(16)2)27(24,25)22-9-8-19-4-6-20(7-5-19)23-10-12-26-13-11-23/h4-7,14-15,22H,8-13H2,1-3H3. The number of nitrogens with one attached hydrogen (secondary N) is 1. The molecule has 0 spiro atoms. The van der Waals surface area contributed by atoms with E-state index in [1.807, 2.05) is 26.8 Å². The van der Waals surface area contributed by atoms with Gasteiger partial charge in [0, 0.05) is 25.3 Å². The van der Waals surface area contributed by atoms with Crippen molar-refractivity contribution in [2.24, 2.45) is 0 Å². The Balaban J connectivity index is 1.59. The number of ether oxygens (including phenoxy) is 1. The van der Waals surface area contributed by atoms with Crippen molar-refractivity contribution in [2.45, 2.75) is 32.1 Å². The number of hydrogen-bond donors (Lipinski definition) is 1. The van der Waals surface area contributed by atoms with E-state index in [0.29, 0.717) is 17.9 Å². The van der Waals surface area contributed by atoms with Crippen LogP contribution in [0.2, 0.25) is 0 Å². The Morgan fingerprint density at radius 2 is 1.59 bits per heavy atom. The molecule has 0 aromatic heterocycles. The first-order valence-electron chi connectivity index (χ1n) is 9.36. The van der Waals surface area contributed by atoms with Gasteiger partial charge in [-0.25, -0.2) is 13.1 Å². The van der Waals surface area contributed by atoms with E-state index in [1.54, 1.807) is 6.07 Å². The highest BCUT2D eigenvalue weighted by Crippen LogP contribution is 2.20.